The van der Waals surface area contributed by atoms with Crippen LogP contribution in [0.4, 0.5) is 0 Å². The van der Waals surface area contributed by atoms with Gasteiger partial charge in [-0.05, 0) is 67.6 Å². The average molecular weight is 443 g/mol. The number of hydrogen-bond donors (Lipinski definition) is 0. The Labute approximate surface area is 189 Å². The second-order valence-electron chi connectivity index (χ2n) is 7.14. The first-order chi connectivity index (χ1) is 15.7. The van der Waals surface area contributed by atoms with Crippen molar-refractivity contribution in [2.24, 2.45) is 0 Å². The molecule has 2 aromatic heterocycles. The molecule has 158 valence electrons. The van der Waals surface area contributed by atoms with E-state index in [-0.39, 0.29) is 5.56 Å². The van der Waals surface area contributed by atoms with Gasteiger partial charge in [-0.3, -0.25) is 9.36 Å². The Hall–Kier alpha value is -3.90. The lowest BCUT2D eigenvalue weighted by Gasteiger charge is -2.14. The second-order valence-corrected chi connectivity index (χ2v) is 7.58. The van der Waals surface area contributed by atoms with Crippen molar-refractivity contribution in [3.05, 3.63) is 100 Å². The number of ether oxygens (including phenoxy) is 1. The van der Waals surface area contributed by atoms with Gasteiger partial charge in [-0.2, -0.15) is 5.10 Å². The third-order valence-electron chi connectivity index (χ3n) is 5.11. The maximum Gasteiger partial charge on any atom is 0.269 e. The molecule has 0 unspecified atom stereocenters. The lowest BCUT2D eigenvalue weighted by atomic mass is 10.2. The summed E-state index contributed by atoms with van der Waals surface area (Å²) in [7, 11) is 0. The van der Waals surface area contributed by atoms with Crippen molar-refractivity contribution in [1.29, 1.82) is 0 Å². The van der Waals surface area contributed by atoms with Gasteiger partial charge in [-0.1, -0.05) is 29.8 Å². The predicted octanol–water partition coefficient (Wildman–Crippen LogP) is 5.29. The number of hydrogen-bond acceptors (Lipinski definition) is 4. The number of rotatable bonds is 5. The smallest absolute Gasteiger partial charge is 0.269 e. The van der Waals surface area contributed by atoms with E-state index in [9.17, 15) is 4.79 Å². The molecule has 0 bridgehead atoms. The Morgan fingerprint density at radius 1 is 0.906 bits per heavy atom. The van der Waals surface area contributed by atoms with Crippen LogP contribution in [0.15, 0.2) is 89.9 Å². The highest BCUT2D eigenvalue weighted by atomic mass is 35.5. The molecule has 0 aliphatic carbocycles. The van der Waals surface area contributed by atoms with E-state index in [1.54, 1.807) is 27.6 Å². The summed E-state index contributed by atoms with van der Waals surface area (Å²) in [5, 5.41) is 5.49. The normalized spacial score (nSPS) is 11.1. The van der Waals surface area contributed by atoms with E-state index in [2.05, 4.69) is 5.10 Å². The molecular weight excluding hydrogens is 424 g/mol. The largest absolute Gasteiger partial charge is 0.494 e. The van der Waals surface area contributed by atoms with Gasteiger partial charge in [0.2, 0.25) is 0 Å². The molecule has 0 aliphatic rings. The van der Waals surface area contributed by atoms with Crippen LogP contribution in [-0.2, 0) is 0 Å². The first-order valence-corrected chi connectivity index (χ1v) is 10.6. The predicted molar refractivity (Wildman–Crippen MR) is 126 cm³/mol. The van der Waals surface area contributed by atoms with Crippen molar-refractivity contribution in [3.63, 3.8) is 0 Å². The third kappa shape index (κ3) is 3.55. The molecular formula is C25H19ClN4O2. The summed E-state index contributed by atoms with van der Waals surface area (Å²) in [6.07, 6.45) is 1.56. The van der Waals surface area contributed by atoms with Gasteiger partial charge in [-0.25, -0.2) is 9.67 Å². The zero-order valence-corrected chi connectivity index (χ0v) is 18.0. The Morgan fingerprint density at radius 2 is 1.62 bits per heavy atom. The minimum absolute atomic E-state index is 0.203. The van der Waals surface area contributed by atoms with E-state index in [0.717, 1.165) is 17.0 Å². The number of benzene rings is 3. The number of fused-ring (bicyclic) bond motifs is 1. The molecule has 6 nitrogen and oxygen atoms in total. The number of nitrogens with zero attached hydrogens (tertiary/aromatic N) is 4. The van der Waals surface area contributed by atoms with Crippen LogP contribution >= 0.6 is 11.6 Å². The quantitative estimate of drug-likeness (QED) is 0.371. The van der Waals surface area contributed by atoms with Gasteiger partial charge in [0.25, 0.3) is 5.56 Å². The van der Waals surface area contributed by atoms with Crippen molar-refractivity contribution in [1.82, 2.24) is 19.3 Å². The van der Waals surface area contributed by atoms with Crippen LogP contribution in [-0.4, -0.2) is 25.9 Å². The molecule has 7 heteroatoms. The molecule has 0 saturated carbocycles. The van der Waals surface area contributed by atoms with Crippen molar-refractivity contribution in [2.75, 3.05) is 6.61 Å². The molecule has 0 atom stereocenters. The van der Waals surface area contributed by atoms with Crippen molar-refractivity contribution < 1.29 is 4.74 Å². The zero-order valence-electron chi connectivity index (χ0n) is 17.3. The summed E-state index contributed by atoms with van der Waals surface area (Å²) in [4.78, 5) is 18.6. The summed E-state index contributed by atoms with van der Waals surface area (Å²) in [6, 6.07) is 24.3. The Bertz CT molecular complexity index is 1440. The summed E-state index contributed by atoms with van der Waals surface area (Å²) in [6.45, 7) is 2.50. The van der Waals surface area contributed by atoms with Crippen molar-refractivity contribution >= 4 is 22.6 Å². The molecule has 0 fully saturated rings. The van der Waals surface area contributed by atoms with Crippen molar-refractivity contribution in [3.8, 4) is 28.5 Å². The summed E-state index contributed by atoms with van der Waals surface area (Å²) in [5.41, 5.74) is 2.57. The minimum Gasteiger partial charge on any atom is -0.494 e. The Morgan fingerprint density at radius 3 is 2.31 bits per heavy atom. The summed E-state index contributed by atoms with van der Waals surface area (Å²) in [5.74, 6) is 1.24. The van der Waals surface area contributed by atoms with Crippen LogP contribution in [0.2, 0.25) is 5.02 Å². The van der Waals surface area contributed by atoms with E-state index in [4.69, 9.17) is 21.3 Å². The molecule has 5 rings (SSSR count). The van der Waals surface area contributed by atoms with E-state index in [1.807, 2.05) is 73.7 Å². The van der Waals surface area contributed by atoms with Gasteiger partial charge < -0.3 is 4.74 Å². The van der Waals surface area contributed by atoms with Crippen LogP contribution in [0.5, 0.6) is 5.75 Å². The molecule has 32 heavy (non-hydrogen) atoms. The SMILES string of the molecule is CCOc1ccc(-n2c(-c3ccc(Cl)cc3)nc3c(cnn3-c3ccccc3)c2=O)cc1. The summed E-state index contributed by atoms with van der Waals surface area (Å²) >= 11 is 6.10. The molecule has 0 N–H and O–H groups in total. The van der Waals surface area contributed by atoms with Gasteiger partial charge in [0.1, 0.15) is 17.0 Å². The summed E-state index contributed by atoms with van der Waals surface area (Å²) < 4.78 is 8.82. The van der Waals surface area contributed by atoms with Crippen LogP contribution in [0.25, 0.3) is 33.8 Å². The van der Waals surface area contributed by atoms with E-state index < -0.39 is 0 Å². The van der Waals surface area contributed by atoms with Crippen molar-refractivity contribution in [2.45, 2.75) is 6.92 Å². The number of halogens is 1. The second kappa shape index (κ2) is 8.32. The minimum atomic E-state index is -0.203. The molecule has 2 heterocycles. The monoisotopic (exact) mass is 442 g/mol. The fourth-order valence-electron chi connectivity index (χ4n) is 3.62. The fraction of sp³-hybridized carbons (Fsp3) is 0.0800. The molecule has 3 aromatic carbocycles. The topological polar surface area (TPSA) is 61.9 Å². The molecule has 0 aliphatic heterocycles. The molecule has 0 amide bonds. The average Bonchev–Trinajstić information content (AvgIpc) is 3.25. The number of aromatic nitrogens is 4. The van der Waals surface area contributed by atoms with Gasteiger partial charge in [0.15, 0.2) is 5.65 Å². The van der Waals surface area contributed by atoms with Crippen LogP contribution in [0.3, 0.4) is 0 Å². The lowest BCUT2D eigenvalue weighted by Crippen LogP contribution is -2.22. The fourth-order valence-corrected chi connectivity index (χ4v) is 3.74. The zero-order chi connectivity index (χ0) is 22.1. The van der Waals surface area contributed by atoms with E-state index >= 15 is 0 Å². The molecule has 0 spiro atoms. The highest BCUT2D eigenvalue weighted by Crippen LogP contribution is 2.25. The first-order valence-electron chi connectivity index (χ1n) is 10.2. The lowest BCUT2D eigenvalue weighted by molar-refractivity contribution is 0.340. The van der Waals surface area contributed by atoms with E-state index in [1.165, 1.54) is 0 Å². The maximum absolute atomic E-state index is 13.7. The maximum atomic E-state index is 13.7. The Balaban J connectivity index is 1.78. The highest BCUT2D eigenvalue weighted by Gasteiger charge is 2.18. The Kier molecular flexibility index (Phi) is 5.21. The van der Waals surface area contributed by atoms with Gasteiger partial charge in [0.05, 0.1) is 24.2 Å². The number of para-hydroxylation sites is 1. The van der Waals surface area contributed by atoms with Crippen LogP contribution in [0.1, 0.15) is 6.92 Å². The van der Waals surface area contributed by atoms with Gasteiger partial charge in [0, 0.05) is 10.6 Å². The van der Waals surface area contributed by atoms with Gasteiger partial charge in [-0.15, -0.1) is 0 Å². The molecule has 0 radical (unpaired) electrons. The first kappa shape index (κ1) is 20.0. The highest BCUT2D eigenvalue weighted by molar-refractivity contribution is 6.30. The molecule has 5 aromatic rings. The van der Waals surface area contributed by atoms with E-state index in [0.29, 0.717) is 34.2 Å². The standard InChI is InChI=1S/C25H19ClN4O2/c1-2-32-21-14-12-19(13-15-21)29-23(17-8-10-18(26)11-9-17)28-24-22(25(29)31)16-27-30(24)20-6-4-3-5-7-20/h3-16H,2H2,1H3. The van der Waals surface area contributed by atoms with Gasteiger partial charge >= 0.3 is 0 Å². The van der Waals surface area contributed by atoms with Crippen LogP contribution in [0, 0.1) is 0 Å². The van der Waals surface area contributed by atoms with Crippen LogP contribution < -0.4 is 10.3 Å². The third-order valence-corrected chi connectivity index (χ3v) is 5.36. The molecule has 0 saturated heterocycles.